The van der Waals surface area contributed by atoms with Crippen molar-refractivity contribution in [1.29, 1.82) is 0 Å². The second-order valence-corrected chi connectivity index (χ2v) is 11.3. The van der Waals surface area contributed by atoms with E-state index in [1.54, 1.807) is 0 Å². The molecule has 0 aliphatic carbocycles. The molecule has 0 N–H and O–H groups in total. The number of hydrogen-bond acceptors (Lipinski definition) is 3. The average Bonchev–Trinajstić information content (AvgIpc) is 2.68. The fourth-order valence-electron chi connectivity index (χ4n) is 4.04. The van der Waals surface area contributed by atoms with Gasteiger partial charge >= 0.3 is 0 Å². The number of rotatable bonds is 9. The van der Waals surface area contributed by atoms with Gasteiger partial charge in [-0.1, -0.05) is 67.5 Å². The Morgan fingerprint density at radius 2 is 1.37 bits per heavy atom. The lowest BCUT2D eigenvalue weighted by Crippen LogP contribution is -2.59. The largest absolute Gasteiger partial charge is 0.291 e. The highest BCUT2D eigenvalue weighted by atomic mass is 15.2. The minimum absolute atomic E-state index is 0.118. The Kier molecular flexibility index (Phi) is 7.18. The van der Waals surface area contributed by atoms with Gasteiger partial charge in [-0.3, -0.25) is 14.9 Å². The zero-order chi connectivity index (χ0) is 22.8. The van der Waals surface area contributed by atoms with Crippen LogP contribution in [0.1, 0.15) is 80.6 Å². The first-order chi connectivity index (χ1) is 13.7. The van der Waals surface area contributed by atoms with E-state index < -0.39 is 0 Å². The van der Waals surface area contributed by atoms with Crippen LogP contribution in [0.25, 0.3) is 0 Å². The molecule has 0 amide bonds. The molecule has 3 nitrogen and oxygen atoms in total. The zero-order valence-electron chi connectivity index (χ0n) is 21.0. The van der Waals surface area contributed by atoms with E-state index in [0.29, 0.717) is 5.92 Å². The molecule has 2 aromatic rings. The molecule has 2 aromatic heterocycles. The smallest absolute Gasteiger partial charge is 0.0544 e. The maximum Gasteiger partial charge on any atom is 0.0544 e. The van der Waals surface area contributed by atoms with Crippen LogP contribution in [-0.4, -0.2) is 27.0 Å². The van der Waals surface area contributed by atoms with Crippen LogP contribution in [0.3, 0.4) is 0 Å². The normalized spacial score (nSPS) is 13.9. The Morgan fingerprint density at radius 1 is 0.800 bits per heavy atom. The van der Waals surface area contributed by atoms with Crippen LogP contribution in [0.4, 0.5) is 0 Å². The SMILES string of the molecule is CC(C)C(C)(C)C(C)(C)CN(Cc1ccccn1)C(C)(C)C(C)(C)c1ccccn1. The summed E-state index contributed by atoms with van der Waals surface area (Å²) in [7, 11) is 0. The highest BCUT2D eigenvalue weighted by molar-refractivity contribution is 5.22. The van der Waals surface area contributed by atoms with Crippen molar-refractivity contribution < 1.29 is 0 Å². The van der Waals surface area contributed by atoms with Gasteiger partial charge in [-0.15, -0.1) is 0 Å². The Bertz CT molecular complexity index is 789. The van der Waals surface area contributed by atoms with Gasteiger partial charge < -0.3 is 0 Å². The van der Waals surface area contributed by atoms with Gasteiger partial charge in [0, 0.05) is 42.1 Å². The van der Waals surface area contributed by atoms with Crippen LogP contribution >= 0.6 is 0 Å². The second kappa shape index (κ2) is 8.78. The van der Waals surface area contributed by atoms with Crippen LogP contribution in [0.2, 0.25) is 0 Å². The zero-order valence-corrected chi connectivity index (χ0v) is 21.0. The van der Waals surface area contributed by atoms with E-state index in [1.165, 1.54) is 0 Å². The molecule has 0 fully saturated rings. The van der Waals surface area contributed by atoms with Crippen molar-refractivity contribution in [1.82, 2.24) is 14.9 Å². The molecule has 0 spiro atoms. The van der Waals surface area contributed by atoms with Crippen molar-refractivity contribution in [3.05, 3.63) is 60.2 Å². The van der Waals surface area contributed by atoms with Gasteiger partial charge in [-0.05, 0) is 54.9 Å². The fourth-order valence-corrected chi connectivity index (χ4v) is 4.04. The highest BCUT2D eigenvalue weighted by Gasteiger charge is 2.48. The van der Waals surface area contributed by atoms with E-state index in [2.05, 4.69) is 103 Å². The summed E-state index contributed by atoms with van der Waals surface area (Å²) in [6, 6.07) is 12.5. The van der Waals surface area contributed by atoms with Crippen LogP contribution in [0.15, 0.2) is 48.8 Å². The summed E-state index contributed by atoms with van der Waals surface area (Å²) >= 11 is 0. The monoisotopic (exact) mass is 409 g/mol. The van der Waals surface area contributed by atoms with Crippen LogP contribution in [0, 0.1) is 16.7 Å². The van der Waals surface area contributed by atoms with Gasteiger partial charge in [0.1, 0.15) is 0 Å². The van der Waals surface area contributed by atoms with Crippen molar-refractivity contribution in [2.45, 2.75) is 86.7 Å². The molecule has 2 heterocycles. The molecule has 2 rings (SSSR count). The quantitative estimate of drug-likeness (QED) is 0.459. The molecule has 0 aliphatic rings. The first kappa shape index (κ1) is 24.5. The Balaban J connectivity index is 2.50. The standard InChI is InChI=1S/C27H43N3/c1-21(2)25(5,6)24(3,4)20-30(19-22-15-11-13-17-28-22)27(9,10)26(7,8)23-16-12-14-18-29-23/h11-18,21H,19-20H2,1-10H3. The second-order valence-electron chi connectivity index (χ2n) is 11.3. The van der Waals surface area contributed by atoms with Gasteiger partial charge in [-0.25, -0.2) is 0 Å². The molecule has 0 atom stereocenters. The third-order valence-electron chi connectivity index (χ3n) is 8.48. The van der Waals surface area contributed by atoms with E-state index in [0.717, 1.165) is 24.5 Å². The van der Waals surface area contributed by atoms with Crippen LogP contribution in [0.5, 0.6) is 0 Å². The van der Waals surface area contributed by atoms with Crippen LogP contribution in [-0.2, 0) is 12.0 Å². The van der Waals surface area contributed by atoms with Gasteiger partial charge in [-0.2, -0.15) is 0 Å². The molecule has 0 saturated carbocycles. The summed E-state index contributed by atoms with van der Waals surface area (Å²) in [6.45, 7) is 25.5. The first-order valence-corrected chi connectivity index (χ1v) is 11.3. The predicted molar refractivity (Wildman–Crippen MR) is 128 cm³/mol. The van der Waals surface area contributed by atoms with E-state index in [-0.39, 0.29) is 21.8 Å². The van der Waals surface area contributed by atoms with E-state index in [9.17, 15) is 0 Å². The molecule has 0 aromatic carbocycles. The molecule has 30 heavy (non-hydrogen) atoms. The summed E-state index contributed by atoms with van der Waals surface area (Å²) in [5.74, 6) is 0.594. The molecule has 0 saturated heterocycles. The molecule has 3 heteroatoms. The van der Waals surface area contributed by atoms with Crippen molar-refractivity contribution in [2.24, 2.45) is 16.7 Å². The first-order valence-electron chi connectivity index (χ1n) is 11.3. The van der Waals surface area contributed by atoms with Crippen LogP contribution < -0.4 is 0 Å². The third-order valence-corrected chi connectivity index (χ3v) is 8.48. The minimum atomic E-state index is -0.138. The highest BCUT2D eigenvalue weighted by Crippen LogP contribution is 2.47. The number of aromatic nitrogens is 2. The van der Waals surface area contributed by atoms with E-state index in [4.69, 9.17) is 4.98 Å². The number of nitrogens with zero attached hydrogens (tertiary/aromatic N) is 3. The average molecular weight is 410 g/mol. The van der Waals surface area contributed by atoms with Crippen molar-refractivity contribution in [2.75, 3.05) is 6.54 Å². The fraction of sp³-hybridized carbons (Fsp3) is 0.630. The van der Waals surface area contributed by atoms with Gasteiger partial charge in [0.2, 0.25) is 0 Å². The number of pyridine rings is 2. The summed E-state index contributed by atoms with van der Waals surface area (Å²) in [4.78, 5) is 12.0. The van der Waals surface area contributed by atoms with E-state index in [1.807, 2.05) is 24.5 Å². The Morgan fingerprint density at radius 3 is 1.83 bits per heavy atom. The Hall–Kier alpha value is -1.74. The molecule has 0 unspecified atom stereocenters. The van der Waals surface area contributed by atoms with Gasteiger partial charge in [0.25, 0.3) is 0 Å². The summed E-state index contributed by atoms with van der Waals surface area (Å²) < 4.78 is 0. The Labute approximate surface area is 185 Å². The predicted octanol–water partition coefficient (Wildman–Crippen LogP) is 6.74. The summed E-state index contributed by atoms with van der Waals surface area (Å²) in [6.07, 6.45) is 3.80. The van der Waals surface area contributed by atoms with Crippen molar-refractivity contribution >= 4 is 0 Å². The lowest BCUT2D eigenvalue weighted by molar-refractivity contribution is -0.0393. The van der Waals surface area contributed by atoms with Gasteiger partial charge in [0.15, 0.2) is 0 Å². The lowest BCUT2D eigenvalue weighted by Gasteiger charge is -2.54. The maximum absolute atomic E-state index is 4.74. The van der Waals surface area contributed by atoms with Gasteiger partial charge in [0.05, 0.1) is 5.69 Å². The molecule has 0 aliphatic heterocycles. The maximum atomic E-state index is 4.74. The molecule has 0 radical (unpaired) electrons. The van der Waals surface area contributed by atoms with E-state index >= 15 is 0 Å². The van der Waals surface area contributed by atoms with Crippen molar-refractivity contribution in [3.63, 3.8) is 0 Å². The third kappa shape index (κ3) is 4.77. The molecule has 166 valence electrons. The molecular weight excluding hydrogens is 366 g/mol. The van der Waals surface area contributed by atoms with Crippen molar-refractivity contribution in [3.8, 4) is 0 Å². The minimum Gasteiger partial charge on any atom is -0.291 e. The summed E-state index contributed by atoms with van der Waals surface area (Å²) in [5.41, 5.74) is 2.28. The number of hydrogen-bond donors (Lipinski definition) is 0. The summed E-state index contributed by atoms with van der Waals surface area (Å²) in [5, 5.41) is 0. The molecular formula is C27H43N3. The lowest BCUT2D eigenvalue weighted by atomic mass is 9.61. The topological polar surface area (TPSA) is 29.0 Å². The molecule has 0 bridgehead atoms.